The van der Waals surface area contributed by atoms with Crippen molar-refractivity contribution < 1.29 is 14.3 Å². The smallest absolute Gasteiger partial charge is 0.404 e. The minimum Gasteiger partial charge on any atom is -0.473 e. The third-order valence-electron chi connectivity index (χ3n) is 4.07. The van der Waals surface area contributed by atoms with Crippen LogP contribution in [-0.4, -0.2) is 15.6 Å². The number of hydrogen-bond donors (Lipinski definition) is 1. The first kappa shape index (κ1) is 22.3. The summed E-state index contributed by atoms with van der Waals surface area (Å²) < 4.78 is 12.8. The lowest BCUT2D eigenvalue weighted by atomic mass is 10.2. The number of benzene rings is 2. The molecule has 0 aliphatic rings. The molecule has 2 N–H and O–H groups in total. The predicted octanol–water partition coefficient (Wildman–Crippen LogP) is 6.10. The molecule has 3 aromatic rings. The third kappa shape index (κ3) is 5.84. The number of carbonyl (C=O) groups excluding carboxylic acids is 1. The molecule has 0 atom stereocenters. The molecule has 3 rings (SSSR count). The Hall–Kier alpha value is -2.35. The second-order valence-electron chi connectivity index (χ2n) is 6.70. The molecule has 158 valence electrons. The highest BCUT2D eigenvalue weighted by molar-refractivity contribution is 7.99. The van der Waals surface area contributed by atoms with E-state index in [4.69, 9.17) is 43.4 Å². The Balaban J connectivity index is 2.00. The van der Waals surface area contributed by atoms with Gasteiger partial charge in [-0.05, 0) is 36.2 Å². The molecule has 0 radical (unpaired) electrons. The standard InChI is InChI=1S/C21H21Cl2N3O3S/c1-13(2)19-20(30-17-9-14(22)8-15(23)10-17)26(18(25-19)11-28-21(24)27)12-29-16-6-4-3-5-7-16/h3-10,13H,11-12H2,1-2H3,(H2,24,27). The number of hydrogen-bond acceptors (Lipinski definition) is 5. The Morgan fingerprint density at radius 2 is 1.83 bits per heavy atom. The SMILES string of the molecule is CC(C)c1nc(COC(N)=O)n(COc2ccccc2)c1Sc1cc(Cl)cc(Cl)c1. The van der Waals surface area contributed by atoms with E-state index in [1.54, 1.807) is 6.07 Å². The quantitative estimate of drug-likeness (QED) is 0.434. The van der Waals surface area contributed by atoms with Gasteiger partial charge in [-0.3, -0.25) is 4.57 Å². The topological polar surface area (TPSA) is 79.4 Å². The van der Waals surface area contributed by atoms with Crippen molar-refractivity contribution in [3.05, 3.63) is 70.1 Å². The first-order valence-corrected chi connectivity index (χ1v) is 10.7. The highest BCUT2D eigenvalue weighted by Gasteiger charge is 2.22. The molecule has 9 heteroatoms. The summed E-state index contributed by atoms with van der Waals surface area (Å²) in [6.07, 6.45) is -0.865. The lowest BCUT2D eigenvalue weighted by Gasteiger charge is -2.14. The van der Waals surface area contributed by atoms with Crippen LogP contribution in [-0.2, 0) is 18.1 Å². The van der Waals surface area contributed by atoms with Crippen molar-refractivity contribution in [1.82, 2.24) is 9.55 Å². The molecular weight excluding hydrogens is 445 g/mol. The number of nitrogens with two attached hydrogens (primary N) is 1. The Morgan fingerprint density at radius 3 is 2.43 bits per heavy atom. The summed E-state index contributed by atoms with van der Waals surface area (Å²) in [7, 11) is 0. The van der Waals surface area contributed by atoms with Gasteiger partial charge in [0.15, 0.2) is 19.2 Å². The van der Waals surface area contributed by atoms with Crippen LogP contribution in [0.2, 0.25) is 10.0 Å². The molecule has 0 bridgehead atoms. The maximum Gasteiger partial charge on any atom is 0.404 e. The zero-order valence-electron chi connectivity index (χ0n) is 16.5. The normalized spacial score (nSPS) is 11.0. The van der Waals surface area contributed by atoms with Gasteiger partial charge >= 0.3 is 6.09 Å². The molecule has 30 heavy (non-hydrogen) atoms. The van der Waals surface area contributed by atoms with Gasteiger partial charge in [-0.25, -0.2) is 9.78 Å². The van der Waals surface area contributed by atoms with Crippen LogP contribution in [0.4, 0.5) is 4.79 Å². The van der Waals surface area contributed by atoms with Crippen LogP contribution < -0.4 is 10.5 Å². The Bertz CT molecular complexity index is 1010. The molecule has 2 aromatic carbocycles. The number of aromatic nitrogens is 2. The Labute approximate surface area is 189 Å². The third-order valence-corrected chi connectivity index (χ3v) is 5.60. The number of para-hydroxylation sites is 1. The van der Waals surface area contributed by atoms with E-state index in [-0.39, 0.29) is 19.3 Å². The average Bonchev–Trinajstić information content (AvgIpc) is 3.02. The fourth-order valence-electron chi connectivity index (χ4n) is 2.72. The van der Waals surface area contributed by atoms with Gasteiger partial charge < -0.3 is 15.2 Å². The first-order valence-electron chi connectivity index (χ1n) is 9.16. The molecule has 0 spiro atoms. The van der Waals surface area contributed by atoms with Gasteiger partial charge in [-0.1, -0.05) is 67.0 Å². The lowest BCUT2D eigenvalue weighted by Crippen LogP contribution is -2.16. The van der Waals surface area contributed by atoms with E-state index in [9.17, 15) is 4.79 Å². The van der Waals surface area contributed by atoms with Crippen molar-refractivity contribution in [1.29, 1.82) is 0 Å². The van der Waals surface area contributed by atoms with E-state index >= 15 is 0 Å². The van der Waals surface area contributed by atoms with Gasteiger partial charge in [0, 0.05) is 14.9 Å². The number of amides is 1. The molecule has 1 aromatic heterocycles. The van der Waals surface area contributed by atoms with Crippen molar-refractivity contribution in [2.24, 2.45) is 5.73 Å². The molecule has 0 unspecified atom stereocenters. The zero-order chi connectivity index (χ0) is 21.7. The minimum absolute atomic E-state index is 0.0654. The number of nitrogens with zero attached hydrogens (tertiary/aromatic N) is 2. The lowest BCUT2D eigenvalue weighted by molar-refractivity contribution is 0.140. The van der Waals surface area contributed by atoms with Gasteiger partial charge in [0.1, 0.15) is 10.8 Å². The monoisotopic (exact) mass is 465 g/mol. The number of halogens is 2. The van der Waals surface area contributed by atoms with Crippen molar-refractivity contribution >= 4 is 41.1 Å². The Kier molecular flexibility index (Phi) is 7.53. The fraction of sp³-hybridized carbons (Fsp3) is 0.238. The van der Waals surface area contributed by atoms with Gasteiger partial charge in [-0.2, -0.15) is 0 Å². The summed E-state index contributed by atoms with van der Waals surface area (Å²) in [5.74, 6) is 1.36. The van der Waals surface area contributed by atoms with Crippen LogP contribution in [0.5, 0.6) is 5.75 Å². The summed E-state index contributed by atoms with van der Waals surface area (Å²) in [4.78, 5) is 16.7. The minimum atomic E-state index is -0.865. The second kappa shape index (κ2) is 10.1. The maximum absolute atomic E-state index is 11.2. The highest BCUT2D eigenvalue weighted by atomic mass is 35.5. The number of rotatable bonds is 8. The van der Waals surface area contributed by atoms with Crippen LogP contribution in [0, 0.1) is 0 Å². The van der Waals surface area contributed by atoms with Gasteiger partial charge in [0.05, 0.1) is 5.69 Å². The van der Waals surface area contributed by atoms with Crippen LogP contribution in [0.15, 0.2) is 58.5 Å². The number of ether oxygens (including phenoxy) is 2. The predicted molar refractivity (Wildman–Crippen MR) is 118 cm³/mol. The van der Waals surface area contributed by atoms with Crippen molar-refractivity contribution in [2.75, 3.05) is 0 Å². The summed E-state index contributed by atoms with van der Waals surface area (Å²) in [6, 6.07) is 14.8. The number of imidazole rings is 1. The molecule has 0 saturated carbocycles. The number of primary amides is 1. The molecule has 0 saturated heterocycles. The van der Waals surface area contributed by atoms with Crippen molar-refractivity contribution in [3.63, 3.8) is 0 Å². The summed E-state index contributed by atoms with van der Waals surface area (Å²) in [5, 5.41) is 1.93. The fourth-order valence-corrected chi connectivity index (χ4v) is 4.62. The Morgan fingerprint density at radius 1 is 1.17 bits per heavy atom. The maximum atomic E-state index is 11.2. The average molecular weight is 466 g/mol. The van der Waals surface area contributed by atoms with Gasteiger partial charge in [-0.15, -0.1) is 0 Å². The van der Waals surface area contributed by atoms with Crippen molar-refractivity contribution in [3.8, 4) is 5.75 Å². The molecule has 0 aliphatic carbocycles. The molecule has 0 aliphatic heterocycles. The van der Waals surface area contributed by atoms with E-state index in [2.05, 4.69) is 0 Å². The van der Waals surface area contributed by atoms with E-state index in [0.29, 0.717) is 21.6 Å². The second-order valence-corrected chi connectivity index (χ2v) is 8.64. The van der Waals surface area contributed by atoms with E-state index in [0.717, 1.165) is 15.6 Å². The molecule has 6 nitrogen and oxygen atoms in total. The van der Waals surface area contributed by atoms with E-state index < -0.39 is 6.09 Å². The molecule has 1 amide bonds. The van der Waals surface area contributed by atoms with Gasteiger partial charge in [0.2, 0.25) is 0 Å². The van der Waals surface area contributed by atoms with E-state index in [1.807, 2.05) is 60.9 Å². The van der Waals surface area contributed by atoms with E-state index in [1.165, 1.54) is 11.8 Å². The van der Waals surface area contributed by atoms with Crippen LogP contribution in [0.3, 0.4) is 0 Å². The number of carbonyl (C=O) groups is 1. The van der Waals surface area contributed by atoms with Crippen LogP contribution in [0.25, 0.3) is 0 Å². The van der Waals surface area contributed by atoms with Crippen LogP contribution >= 0.6 is 35.0 Å². The first-order chi connectivity index (χ1) is 14.3. The molecule has 0 fully saturated rings. The summed E-state index contributed by atoms with van der Waals surface area (Å²) >= 11 is 13.8. The molecule has 1 heterocycles. The van der Waals surface area contributed by atoms with Crippen molar-refractivity contribution in [2.45, 2.75) is 43.0 Å². The summed E-state index contributed by atoms with van der Waals surface area (Å²) in [6.45, 7) is 4.19. The summed E-state index contributed by atoms with van der Waals surface area (Å²) in [5.41, 5.74) is 6.00. The van der Waals surface area contributed by atoms with Gasteiger partial charge in [0.25, 0.3) is 0 Å². The zero-order valence-corrected chi connectivity index (χ0v) is 18.8. The highest BCUT2D eigenvalue weighted by Crippen LogP contribution is 2.37. The molecular formula is C21H21Cl2N3O3S. The largest absolute Gasteiger partial charge is 0.473 e. The van der Waals surface area contributed by atoms with Crippen LogP contribution in [0.1, 0.15) is 31.3 Å².